The van der Waals surface area contributed by atoms with E-state index < -0.39 is 0 Å². The van der Waals surface area contributed by atoms with Gasteiger partial charge in [-0.25, -0.2) is 0 Å². The zero-order valence-corrected chi connectivity index (χ0v) is 6.97. The number of allylic oxidation sites excluding steroid dienone is 2. The van der Waals surface area contributed by atoms with Crippen molar-refractivity contribution in [3.63, 3.8) is 0 Å². The Labute approximate surface area is 65.9 Å². The molecule has 11 heavy (non-hydrogen) atoms. The van der Waals surface area contributed by atoms with Crippen molar-refractivity contribution in [1.82, 2.24) is 5.06 Å². The van der Waals surface area contributed by atoms with E-state index in [1.54, 1.807) is 0 Å². The van der Waals surface area contributed by atoms with Crippen molar-refractivity contribution in [2.45, 2.75) is 20.8 Å². The second-order valence-corrected chi connectivity index (χ2v) is 2.53. The van der Waals surface area contributed by atoms with E-state index in [2.05, 4.69) is 6.58 Å². The first-order chi connectivity index (χ1) is 5.04. The number of nitrogens with zero attached hydrogens (tertiary/aromatic N) is 1. The third-order valence-electron chi connectivity index (χ3n) is 1.72. The molecular formula is C8H11NO2. The molecule has 1 amide bonds. The smallest absolute Gasteiger partial charge is 0.256 e. The van der Waals surface area contributed by atoms with E-state index in [0.717, 1.165) is 11.3 Å². The molecule has 0 aromatic carbocycles. The molecule has 0 aromatic rings. The second kappa shape index (κ2) is 2.42. The van der Waals surface area contributed by atoms with Gasteiger partial charge in [-0.05, 0) is 13.8 Å². The average molecular weight is 153 g/mol. The Balaban J connectivity index is 2.87. The van der Waals surface area contributed by atoms with Crippen LogP contribution in [0.5, 0.6) is 0 Å². The molecule has 0 radical (unpaired) electrons. The van der Waals surface area contributed by atoms with Crippen LogP contribution in [0.3, 0.4) is 0 Å². The molecule has 0 unspecified atom stereocenters. The lowest BCUT2D eigenvalue weighted by Crippen LogP contribution is -2.22. The van der Waals surface area contributed by atoms with Crippen LogP contribution in [0.15, 0.2) is 23.6 Å². The van der Waals surface area contributed by atoms with E-state index >= 15 is 0 Å². The van der Waals surface area contributed by atoms with E-state index in [4.69, 9.17) is 4.84 Å². The summed E-state index contributed by atoms with van der Waals surface area (Å²) in [5, 5.41) is 1.20. The molecule has 0 aromatic heterocycles. The highest BCUT2D eigenvalue weighted by molar-refractivity contribution is 5.75. The lowest BCUT2D eigenvalue weighted by Gasteiger charge is -2.13. The van der Waals surface area contributed by atoms with Crippen LogP contribution in [0.25, 0.3) is 0 Å². The van der Waals surface area contributed by atoms with Crippen LogP contribution in [-0.4, -0.2) is 11.0 Å². The molecule has 1 heterocycles. The highest BCUT2D eigenvalue weighted by atomic mass is 16.7. The molecule has 1 aliphatic rings. The molecule has 0 aliphatic carbocycles. The SMILES string of the molecule is C=C1C(C)=C(C)ON1C(C)=O. The quantitative estimate of drug-likeness (QED) is 0.529. The molecule has 3 nitrogen and oxygen atoms in total. The molecular weight excluding hydrogens is 142 g/mol. The van der Waals surface area contributed by atoms with Gasteiger partial charge in [0.05, 0.1) is 5.70 Å². The molecule has 0 atom stereocenters. The van der Waals surface area contributed by atoms with Gasteiger partial charge in [-0.3, -0.25) is 4.79 Å². The van der Waals surface area contributed by atoms with Crippen molar-refractivity contribution in [1.29, 1.82) is 0 Å². The molecule has 1 aliphatic heterocycles. The number of hydroxylamine groups is 2. The lowest BCUT2D eigenvalue weighted by atomic mass is 10.2. The molecule has 0 fully saturated rings. The van der Waals surface area contributed by atoms with E-state index in [0.29, 0.717) is 5.70 Å². The molecule has 0 N–H and O–H groups in total. The summed E-state index contributed by atoms with van der Waals surface area (Å²) in [4.78, 5) is 16.0. The Morgan fingerprint density at radius 1 is 1.55 bits per heavy atom. The third-order valence-corrected chi connectivity index (χ3v) is 1.72. The standard InChI is InChI=1S/C8H11NO2/c1-5-6(2)9(8(4)10)11-7(5)3/h2H2,1,3-4H3. The van der Waals surface area contributed by atoms with E-state index in [9.17, 15) is 4.79 Å². The Kier molecular flexibility index (Phi) is 1.72. The maximum Gasteiger partial charge on any atom is 0.256 e. The zero-order valence-electron chi connectivity index (χ0n) is 6.97. The van der Waals surface area contributed by atoms with Crippen LogP contribution in [0.1, 0.15) is 20.8 Å². The van der Waals surface area contributed by atoms with Gasteiger partial charge in [0, 0.05) is 12.5 Å². The normalized spacial score (nSPS) is 17.4. The van der Waals surface area contributed by atoms with Crippen LogP contribution in [0, 0.1) is 0 Å². The first-order valence-electron chi connectivity index (χ1n) is 3.39. The molecule has 1 rings (SSSR count). The molecule has 0 saturated heterocycles. The Morgan fingerprint density at radius 2 is 2.09 bits per heavy atom. The number of carbonyl (C=O) groups is 1. The average Bonchev–Trinajstić information content (AvgIpc) is 2.17. The van der Waals surface area contributed by atoms with Crippen LogP contribution in [-0.2, 0) is 9.63 Å². The van der Waals surface area contributed by atoms with Crippen molar-refractivity contribution >= 4 is 5.91 Å². The van der Waals surface area contributed by atoms with Gasteiger partial charge in [0.25, 0.3) is 5.91 Å². The number of hydrogen-bond acceptors (Lipinski definition) is 2. The summed E-state index contributed by atoms with van der Waals surface area (Å²) in [6.07, 6.45) is 0. The number of carbonyl (C=O) groups excluding carboxylic acids is 1. The maximum atomic E-state index is 10.9. The summed E-state index contributed by atoms with van der Waals surface area (Å²) in [5.41, 5.74) is 1.57. The van der Waals surface area contributed by atoms with Crippen molar-refractivity contribution in [3.05, 3.63) is 23.6 Å². The van der Waals surface area contributed by atoms with Gasteiger partial charge in [0.1, 0.15) is 5.76 Å². The second-order valence-electron chi connectivity index (χ2n) is 2.53. The summed E-state index contributed by atoms with van der Waals surface area (Å²) in [5.74, 6) is 0.594. The van der Waals surface area contributed by atoms with E-state index in [-0.39, 0.29) is 5.91 Å². The minimum atomic E-state index is -0.147. The van der Waals surface area contributed by atoms with Crippen molar-refractivity contribution < 1.29 is 9.63 Å². The molecule has 0 bridgehead atoms. The van der Waals surface area contributed by atoms with Crippen LogP contribution in [0.2, 0.25) is 0 Å². The van der Waals surface area contributed by atoms with Gasteiger partial charge in [0.2, 0.25) is 0 Å². The van der Waals surface area contributed by atoms with Gasteiger partial charge in [-0.2, -0.15) is 0 Å². The fraction of sp³-hybridized carbons (Fsp3) is 0.375. The Hall–Kier alpha value is -1.25. The van der Waals surface area contributed by atoms with Gasteiger partial charge < -0.3 is 4.84 Å². The first-order valence-corrected chi connectivity index (χ1v) is 3.39. The minimum Gasteiger partial charge on any atom is -0.376 e. The predicted molar refractivity (Wildman–Crippen MR) is 41.1 cm³/mol. The Bertz CT molecular complexity index is 253. The summed E-state index contributed by atoms with van der Waals surface area (Å²) < 4.78 is 0. The summed E-state index contributed by atoms with van der Waals surface area (Å²) in [6, 6.07) is 0. The van der Waals surface area contributed by atoms with Crippen LogP contribution < -0.4 is 0 Å². The molecule has 60 valence electrons. The van der Waals surface area contributed by atoms with Gasteiger partial charge in [-0.1, -0.05) is 6.58 Å². The van der Waals surface area contributed by atoms with Crippen molar-refractivity contribution in [3.8, 4) is 0 Å². The molecule has 3 heteroatoms. The minimum absolute atomic E-state index is 0.147. The Morgan fingerprint density at radius 3 is 2.27 bits per heavy atom. The fourth-order valence-corrected chi connectivity index (χ4v) is 0.870. The lowest BCUT2D eigenvalue weighted by molar-refractivity contribution is -0.155. The number of hydrogen-bond donors (Lipinski definition) is 0. The number of amides is 1. The van der Waals surface area contributed by atoms with Gasteiger partial charge >= 0.3 is 0 Å². The fourth-order valence-electron chi connectivity index (χ4n) is 0.870. The molecule has 0 spiro atoms. The molecule has 0 saturated carbocycles. The third kappa shape index (κ3) is 1.13. The van der Waals surface area contributed by atoms with Crippen molar-refractivity contribution in [2.24, 2.45) is 0 Å². The first kappa shape index (κ1) is 7.85. The van der Waals surface area contributed by atoms with Crippen LogP contribution in [0.4, 0.5) is 0 Å². The summed E-state index contributed by atoms with van der Waals surface area (Å²) in [7, 11) is 0. The largest absolute Gasteiger partial charge is 0.376 e. The van der Waals surface area contributed by atoms with E-state index in [1.807, 2.05) is 13.8 Å². The van der Waals surface area contributed by atoms with E-state index in [1.165, 1.54) is 12.0 Å². The zero-order chi connectivity index (χ0) is 8.59. The number of rotatable bonds is 0. The predicted octanol–water partition coefficient (Wildman–Crippen LogP) is 1.59. The maximum absolute atomic E-state index is 10.9. The topological polar surface area (TPSA) is 29.5 Å². The highest BCUT2D eigenvalue weighted by Gasteiger charge is 2.24. The van der Waals surface area contributed by atoms with Gasteiger partial charge in [-0.15, -0.1) is 5.06 Å². The monoisotopic (exact) mass is 153 g/mol. The summed E-state index contributed by atoms with van der Waals surface area (Å²) in [6.45, 7) is 8.84. The van der Waals surface area contributed by atoms with Crippen LogP contribution >= 0.6 is 0 Å². The highest BCUT2D eigenvalue weighted by Crippen LogP contribution is 2.26. The van der Waals surface area contributed by atoms with Gasteiger partial charge in [0.15, 0.2) is 0 Å². The summed E-state index contributed by atoms with van der Waals surface area (Å²) >= 11 is 0. The van der Waals surface area contributed by atoms with Crippen molar-refractivity contribution in [2.75, 3.05) is 0 Å².